The quantitative estimate of drug-likeness (QED) is 0.0640. The van der Waals surface area contributed by atoms with Crippen molar-refractivity contribution in [2.24, 2.45) is 5.92 Å². The molecule has 4 N–H and O–H groups in total. The number of rotatable bonds is 13. The zero-order valence-corrected chi connectivity index (χ0v) is 37.5. The van der Waals surface area contributed by atoms with E-state index < -0.39 is 37.0 Å². The summed E-state index contributed by atoms with van der Waals surface area (Å²) in [6.45, 7) is 5.42. The van der Waals surface area contributed by atoms with Gasteiger partial charge in [-0.25, -0.2) is 18.1 Å². The molecule has 2 saturated heterocycles. The largest absolute Gasteiger partial charge is 0.455 e. The van der Waals surface area contributed by atoms with E-state index in [2.05, 4.69) is 85.4 Å². The smallest absolute Gasteiger partial charge is 0.293 e. The van der Waals surface area contributed by atoms with Gasteiger partial charge < -0.3 is 29.9 Å². The molecule has 1 aliphatic carbocycles. The number of carbonyl (C=O) groups excluding carboxylic acids is 1. The Morgan fingerprint density at radius 2 is 1.66 bits per heavy atom. The lowest BCUT2D eigenvalue weighted by atomic mass is 9.80. The summed E-state index contributed by atoms with van der Waals surface area (Å²) in [4.78, 5) is 37.5. The summed E-state index contributed by atoms with van der Waals surface area (Å²) in [7, 11) is -2.39. The molecule has 0 bridgehead atoms. The molecular formula is C50H55N7O7S. The van der Waals surface area contributed by atoms with E-state index in [1.54, 1.807) is 24.4 Å². The van der Waals surface area contributed by atoms with Gasteiger partial charge in [0.05, 0.1) is 33.2 Å². The maximum absolute atomic E-state index is 14.0. The zero-order chi connectivity index (χ0) is 45.3. The van der Waals surface area contributed by atoms with Gasteiger partial charge >= 0.3 is 0 Å². The maximum Gasteiger partial charge on any atom is 0.293 e. The number of anilines is 2. The lowest BCUT2D eigenvalue weighted by Gasteiger charge is -2.34. The number of aliphatic hydroxyl groups is 1. The van der Waals surface area contributed by atoms with E-state index in [-0.39, 0.29) is 29.0 Å². The summed E-state index contributed by atoms with van der Waals surface area (Å²) in [6.07, 6.45) is 10.6. The minimum Gasteiger partial charge on any atom is -0.455 e. The van der Waals surface area contributed by atoms with Crippen LogP contribution in [0.3, 0.4) is 0 Å². The highest BCUT2D eigenvalue weighted by atomic mass is 32.2. The Morgan fingerprint density at radius 3 is 2.42 bits per heavy atom. The van der Waals surface area contributed by atoms with Gasteiger partial charge in [-0.15, -0.1) is 0 Å². The number of piperidine rings is 1. The molecule has 1 atom stereocenters. The number of nitro groups is 1. The predicted molar refractivity (Wildman–Crippen MR) is 252 cm³/mol. The second-order valence-corrected chi connectivity index (χ2v) is 19.9. The van der Waals surface area contributed by atoms with Crippen LogP contribution in [0.2, 0.25) is 0 Å². The average molecular weight is 898 g/mol. The summed E-state index contributed by atoms with van der Waals surface area (Å²) in [5.74, 6) is 0.208. The molecule has 338 valence electrons. The third kappa shape index (κ3) is 9.73. The Balaban J connectivity index is 0.959. The number of likely N-dealkylation sites (tertiary alicyclic amines) is 1. The number of H-pyrrole nitrogens is 1. The van der Waals surface area contributed by atoms with E-state index in [9.17, 15) is 28.4 Å². The number of hydrogen-bond acceptors (Lipinski definition) is 11. The van der Waals surface area contributed by atoms with Gasteiger partial charge in [0.25, 0.3) is 21.6 Å². The van der Waals surface area contributed by atoms with Gasteiger partial charge in [-0.2, -0.15) is 0 Å². The molecule has 0 unspecified atom stereocenters. The van der Waals surface area contributed by atoms with Crippen LogP contribution in [0.5, 0.6) is 11.5 Å². The van der Waals surface area contributed by atoms with E-state index in [0.29, 0.717) is 36.7 Å². The first-order chi connectivity index (χ1) is 31.3. The second kappa shape index (κ2) is 18.3. The van der Waals surface area contributed by atoms with E-state index in [1.807, 2.05) is 13.0 Å². The molecule has 0 radical (unpaired) electrons. The van der Waals surface area contributed by atoms with Crippen LogP contribution in [0.25, 0.3) is 22.2 Å². The first-order valence-electron chi connectivity index (χ1n) is 22.5. The number of amides is 1. The van der Waals surface area contributed by atoms with Gasteiger partial charge in [-0.3, -0.25) is 14.9 Å². The van der Waals surface area contributed by atoms with Gasteiger partial charge in [0, 0.05) is 36.4 Å². The minimum atomic E-state index is -4.59. The molecule has 6 aromatic rings. The number of ether oxygens (including phenoxy) is 1. The highest BCUT2D eigenvalue weighted by molar-refractivity contribution is 7.90. The standard InChI is InChI=1S/C50H55N7O7S/c1-50(59)22-17-33(18-23-50)31-52-44-16-14-40(30-46(44)57(60)61)65(62,63)54-49(58)43-15-11-36(29-47(43)64-39-28-37-19-24-51-48(37)53-32-39)34-9-12-38(13-10-34)56-25-5-8-45(56)42-7-4-3-6-41(42)35-20-26-55(2)27-21-35/h3-4,6-7,9-16,19,24,28-30,32-33,35,45,52,59H,5,8,17-18,20-23,25-27,31H2,1-2H3,(H,51,53)(H,54,58)/t33-,45-,50-/m1/s1. The number of sulfonamides is 1. The van der Waals surface area contributed by atoms with Crippen LogP contribution < -0.4 is 19.7 Å². The van der Waals surface area contributed by atoms with Gasteiger partial charge in [-0.05, 0) is 161 Å². The number of fused-ring (bicyclic) bond motifs is 1. The third-order valence-corrected chi connectivity index (χ3v) is 14.9. The monoisotopic (exact) mass is 897 g/mol. The number of aromatic nitrogens is 2. The molecule has 1 saturated carbocycles. The highest BCUT2D eigenvalue weighted by Gasteiger charge is 2.32. The SMILES string of the molecule is CN1CCC(c2ccccc2[C@H]2CCCN2c2ccc(-c3ccc(C(=O)NS(=O)(=O)c4ccc(NC[C@H]5CC[C@](C)(O)CC5)c([N+](=O)[O-])c4)c(Oc4cnc5[nH]ccc5c4)c3)cc2)CC1. The number of carbonyl (C=O) groups is 1. The first kappa shape index (κ1) is 43.9. The average Bonchev–Trinajstić information content (AvgIpc) is 3.99. The van der Waals surface area contributed by atoms with Gasteiger partial charge in [0.1, 0.15) is 22.8 Å². The van der Waals surface area contributed by atoms with Gasteiger partial charge in [0.15, 0.2) is 0 Å². The molecular weight excluding hydrogens is 843 g/mol. The van der Waals surface area contributed by atoms with E-state index in [1.165, 1.54) is 48.4 Å². The van der Waals surface area contributed by atoms with Crippen molar-refractivity contribution >= 4 is 44.0 Å². The molecule has 1 amide bonds. The summed E-state index contributed by atoms with van der Waals surface area (Å²) in [5.41, 5.74) is 5.23. The topological polar surface area (TPSA) is 183 Å². The van der Waals surface area contributed by atoms with Gasteiger partial charge in [0.2, 0.25) is 0 Å². The number of nitro benzene ring substituents is 1. The summed E-state index contributed by atoms with van der Waals surface area (Å²) >= 11 is 0. The number of pyridine rings is 1. The fourth-order valence-electron chi connectivity index (χ4n) is 9.80. The number of hydrogen-bond donors (Lipinski definition) is 4. The lowest BCUT2D eigenvalue weighted by Crippen LogP contribution is -2.32. The number of nitrogens with one attached hydrogen (secondary N) is 3. The van der Waals surface area contributed by atoms with Crippen molar-refractivity contribution in [2.75, 3.05) is 43.4 Å². The van der Waals surface area contributed by atoms with E-state index in [4.69, 9.17) is 4.74 Å². The van der Waals surface area contributed by atoms with Crippen LogP contribution in [0.15, 0.2) is 114 Å². The molecule has 65 heavy (non-hydrogen) atoms. The second-order valence-electron chi connectivity index (χ2n) is 18.2. The predicted octanol–water partition coefficient (Wildman–Crippen LogP) is 9.55. The molecule has 4 aromatic carbocycles. The van der Waals surface area contributed by atoms with Crippen molar-refractivity contribution in [2.45, 2.75) is 80.7 Å². The van der Waals surface area contributed by atoms with Crippen molar-refractivity contribution in [3.63, 3.8) is 0 Å². The van der Waals surface area contributed by atoms with Crippen molar-refractivity contribution in [1.82, 2.24) is 19.6 Å². The molecule has 0 spiro atoms. The fraction of sp³-hybridized carbons (Fsp3) is 0.360. The first-order valence-corrected chi connectivity index (χ1v) is 24.0. The molecule has 3 aliphatic rings. The van der Waals surface area contributed by atoms with Gasteiger partial charge in [-0.1, -0.05) is 42.5 Å². The number of benzene rings is 4. The van der Waals surface area contributed by atoms with Crippen molar-refractivity contribution in [3.05, 3.63) is 136 Å². The molecule has 3 fully saturated rings. The Kier molecular flexibility index (Phi) is 12.4. The Morgan fingerprint density at radius 1 is 0.923 bits per heavy atom. The summed E-state index contributed by atoms with van der Waals surface area (Å²) < 4.78 is 35.9. The van der Waals surface area contributed by atoms with Crippen LogP contribution in [-0.2, 0) is 10.0 Å². The minimum absolute atomic E-state index is 0.0643. The Bertz CT molecular complexity index is 2810. The molecule has 9 rings (SSSR count). The molecule has 14 nitrogen and oxygen atoms in total. The number of aromatic amines is 1. The van der Waals surface area contributed by atoms with Crippen LogP contribution >= 0.6 is 0 Å². The normalized spacial score (nSPS) is 20.8. The summed E-state index contributed by atoms with van der Waals surface area (Å²) in [6, 6.07) is 29.7. The maximum atomic E-state index is 14.0. The van der Waals surface area contributed by atoms with Crippen LogP contribution in [-0.4, -0.2) is 78.1 Å². The molecule has 2 aromatic heterocycles. The molecule has 15 heteroatoms. The van der Waals surface area contributed by atoms with Crippen molar-refractivity contribution in [1.29, 1.82) is 0 Å². The Labute approximate surface area is 379 Å². The molecule has 4 heterocycles. The van der Waals surface area contributed by atoms with Crippen LogP contribution in [0.1, 0.15) is 91.7 Å². The Hall–Kier alpha value is -6.29. The van der Waals surface area contributed by atoms with E-state index >= 15 is 0 Å². The van der Waals surface area contributed by atoms with Crippen molar-refractivity contribution < 1.29 is 28.0 Å². The molecule has 2 aliphatic heterocycles. The van der Waals surface area contributed by atoms with E-state index in [0.717, 1.165) is 73.6 Å². The highest BCUT2D eigenvalue weighted by Crippen LogP contribution is 2.42. The summed E-state index contributed by atoms with van der Waals surface area (Å²) in [5, 5.41) is 26.4. The fourth-order valence-corrected chi connectivity index (χ4v) is 10.8. The number of nitrogens with zero attached hydrogens (tertiary/aromatic N) is 4. The third-order valence-electron chi connectivity index (χ3n) is 13.6. The van der Waals surface area contributed by atoms with Crippen LogP contribution in [0.4, 0.5) is 17.1 Å². The lowest BCUT2D eigenvalue weighted by molar-refractivity contribution is -0.384. The zero-order valence-electron chi connectivity index (χ0n) is 36.7. The van der Waals surface area contributed by atoms with Crippen LogP contribution in [0, 0.1) is 16.0 Å². The van der Waals surface area contributed by atoms with Crippen molar-refractivity contribution in [3.8, 4) is 22.6 Å².